The molecule has 2 heteroatoms. The fraction of sp³-hybridized carbons (Fsp3) is 0.538. The molecule has 0 unspecified atom stereocenters. The minimum Gasteiger partial charge on any atom is -0.381 e. The molecule has 0 fully saturated rings. The van der Waals surface area contributed by atoms with E-state index in [1.807, 2.05) is 17.8 Å². The second-order valence-corrected chi connectivity index (χ2v) is 4.65. The number of benzene rings is 1. The average Bonchev–Trinajstić information content (AvgIpc) is 2.29. The highest BCUT2D eigenvalue weighted by Gasteiger charge is 1.92. The molecule has 84 valence electrons. The molecule has 0 atom stereocenters. The molecule has 0 aliphatic heterocycles. The Morgan fingerprint density at radius 2 is 1.87 bits per heavy atom. The fourth-order valence-electron chi connectivity index (χ4n) is 1.29. The normalized spacial score (nSPS) is 10.5. The highest BCUT2D eigenvalue weighted by Crippen LogP contribution is 2.16. The first-order valence-corrected chi connectivity index (χ1v) is 6.67. The van der Waals surface area contributed by atoms with Gasteiger partial charge >= 0.3 is 0 Å². The van der Waals surface area contributed by atoms with Crippen molar-refractivity contribution in [3.05, 3.63) is 30.3 Å². The van der Waals surface area contributed by atoms with Crippen LogP contribution in [-0.4, -0.2) is 19.0 Å². The summed E-state index contributed by atoms with van der Waals surface area (Å²) in [6, 6.07) is 10.5. The summed E-state index contributed by atoms with van der Waals surface area (Å²) in [5.41, 5.74) is 0. The number of rotatable bonds is 8. The number of hydrogen-bond acceptors (Lipinski definition) is 2. The number of thioether (sulfide) groups is 1. The second kappa shape index (κ2) is 8.81. The highest BCUT2D eigenvalue weighted by atomic mass is 32.2. The lowest BCUT2D eigenvalue weighted by atomic mass is 10.3. The van der Waals surface area contributed by atoms with Crippen LogP contribution in [0.1, 0.15) is 26.2 Å². The summed E-state index contributed by atoms with van der Waals surface area (Å²) in [6.45, 7) is 4.00. The summed E-state index contributed by atoms with van der Waals surface area (Å²) in [4.78, 5) is 1.33. The quantitative estimate of drug-likeness (QED) is 0.488. The summed E-state index contributed by atoms with van der Waals surface area (Å²) in [5, 5.41) is 0. The first-order chi connectivity index (χ1) is 7.43. The number of unbranched alkanes of at least 4 members (excludes halogenated alkanes) is 2. The van der Waals surface area contributed by atoms with E-state index in [1.165, 1.54) is 24.2 Å². The van der Waals surface area contributed by atoms with Crippen molar-refractivity contribution in [2.75, 3.05) is 19.0 Å². The Morgan fingerprint density at radius 1 is 1.07 bits per heavy atom. The summed E-state index contributed by atoms with van der Waals surface area (Å²) in [7, 11) is 0. The third-order valence-corrected chi connectivity index (χ3v) is 3.11. The van der Waals surface area contributed by atoms with Crippen molar-refractivity contribution >= 4 is 11.8 Å². The molecule has 0 saturated heterocycles. The van der Waals surface area contributed by atoms with Gasteiger partial charge in [-0.3, -0.25) is 0 Å². The monoisotopic (exact) mass is 224 g/mol. The standard InChI is InChI=1S/C13H20OS/c1-2-3-7-10-14-11-12-15-13-8-5-4-6-9-13/h4-6,8-9H,2-3,7,10-12H2,1H3. The zero-order valence-electron chi connectivity index (χ0n) is 9.45. The van der Waals surface area contributed by atoms with Crippen LogP contribution >= 0.6 is 11.8 Å². The van der Waals surface area contributed by atoms with Gasteiger partial charge in [0.15, 0.2) is 0 Å². The van der Waals surface area contributed by atoms with Crippen molar-refractivity contribution in [2.45, 2.75) is 31.1 Å². The maximum atomic E-state index is 5.54. The Labute approximate surface area is 97.2 Å². The van der Waals surface area contributed by atoms with Crippen molar-refractivity contribution in [2.24, 2.45) is 0 Å². The van der Waals surface area contributed by atoms with Crippen LogP contribution in [0.25, 0.3) is 0 Å². The number of ether oxygens (including phenoxy) is 1. The van der Waals surface area contributed by atoms with Crippen molar-refractivity contribution in [3.8, 4) is 0 Å². The molecule has 15 heavy (non-hydrogen) atoms. The van der Waals surface area contributed by atoms with Gasteiger partial charge in [-0.15, -0.1) is 11.8 Å². The van der Waals surface area contributed by atoms with E-state index in [-0.39, 0.29) is 0 Å². The third-order valence-electron chi connectivity index (χ3n) is 2.13. The summed E-state index contributed by atoms with van der Waals surface area (Å²) >= 11 is 1.86. The predicted octanol–water partition coefficient (Wildman–Crippen LogP) is 3.99. The average molecular weight is 224 g/mol. The van der Waals surface area contributed by atoms with Crippen LogP contribution in [0.4, 0.5) is 0 Å². The molecular weight excluding hydrogens is 204 g/mol. The predicted molar refractivity (Wildman–Crippen MR) is 67.5 cm³/mol. The van der Waals surface area contributed by atoms with Gasteiger partial charge in [-0.2, -0.15) is 0 Å². The maximum Gasteiger partial charge on any atom is 0.0560 e. The molecule has 0 aliphatic carbocycles. The van der Waals surface area contributed by atoms with E-state index in [4.69, 9.17) is 4.74 Å². The van der Waals surface area contributed by atoms with Gasteiger partial charge in [-0.1, -0.05) is 38.0 Å². The van der Waals surface area contributed by atoms with Crippen molar-refractivity contribution < 1.29 is 4.74 Å². The molecule has 1 nitrogen and oxygen atoms in total. The highest BCUT2D eigenvalue weighted by molar-refractivity contribution is 7.99. The van der Waals surface area contributed by atoms with Gasteiger partial charge in [0.25, 0.3) is 0 Å². The van der Waals surface area contributed by atoms with Crippen LogP contribution in [0.3, 0.4) is 0 Å². The van der Waals surface area contributed by atoms with E-state index in [9.17, 15) is 0 Å². The summed E-state index contributed by atoms with van der Waals surface area (Å²) in [5.74, 6) is 1.05. The Hall–Kier alpha value is -0.470. The van der Waals surface area contributed by atoms with Gasteiger partial charge < -0.3 is 4.74 Å². The van der Waals surface area contributed by atoms with Crippen LogP contribution in [0.5, 0.6) is 0 Å². The second-order valence-electron chi connectivity index (χ2n) is 3.48. The molecule has 0 N–H and O–H groups in total. The minimum atomic E-state index is 0.864. The van der Waals surface area contributed by atoms with Crippen LogP contribution in [0, 0.1) is 0 Å². The number of hydrogen-bond donors (Lipinski definition) is 0. The Bertz CT molecular complexity index is 236. The van der Waals surface area contributed by atoms with Gasteiger partial charge in [-0.05, 0) is 18.6 Å². The summed E-state index contributed by atoms with van der Waals surface area (Å²) in [6.07, 6.45) is 3.75. The van der Waals surface area contributed by atoms with Crippen LogP contribution < -0.4 is 0 Å². The molecule has 0 aromatic heterocycles. The van der Waals surface area contributed by atoms with E-state index in [2.05, 4.69) is 31.2 Å². The van der Waals surface area contributed by atoms with E-state index < -0.39 is 0 Å². The molecular formula is C13H20OS. The molecule has 1 rings (SSSR count). The molecule has 0 saturated carbocycles. The van der Waals surface area contributed by atoms with Crippen LogP contribution in [0.2, 0.25) is 0 Å². The molecule has 0 radical (unpaired) electrons. The third kappa shape index (κ3) is 6.58. The summed E-state index contributed by atoms with van der Waals surface area (Å²) < 4.78 is 5.54. The molecule has 1 aromatic carbocycles. The van der Waals surface area contributed by atoms with Gasteiger partial charge in [0.2, 0.25) is 0 Å². The van der Waals surface area contributed by atoms with Gasteiger partial charge in [-0.25, -0.2) is 0 Å². The van der Waals surface area contributed by atoms with E-state index in [1.54, 1.807) is 0 Å². The topological polar surface area (TPSA) is 9.23 Å². The molecule has 0 aliphatic rings. The van der Waals surface area contributed by atoms with Gasteiger partial charge in [0.1, 0.15) is 0 Å². The van der Waals surface area contributed by atoms with Crippen molar-refractivity contribution in [1.82, 2.24) is 0 Å². The largest absolute Gasteiger partial charge is 0.381 e. The Morgan fingerprint density at radius 3 is 2.60 bits per heavy atom. The molecule has 1 aromatic rings. The van der Waals surface area contributed by atoms with Crippen LogP contribution in [0.15, 0.2) is 35.2 Å². The maximum absolute atomic E-state index is 5.54. The zero-order chi connectivity index (χ0) is 10.8. The molecule has 0 spiro atoms. The van der Waals surface area contributed by atoms with Gasteiger partial charge in [0, 0.05) is 17.3 Å². The molecule has 0 amide bonds. The Kier molecular flexibility index (Phi) is 7.40. The van der Waals surface area contributed by atoms with E-state index in [0.29, 0.717) is 0 Å². The molecule has 0 bridgehead atoms. The van der Waals surface area contributed by atoms with Crippen LogP contribution in [-0.2, 0) is 4.74 Å². The lowest BCUT2D eigenvalue weighted by Crippen LogP contribution is -1.98. The Balaban J connectivity index is 1.93. The fourth-order valence-corrected chi connectivity index (χ4v) is 2.08. The zero-order valence-corrected chi connectivity index (χ0v) is 10.3. The van der Waals surface area contributed by atoms with Gasteiger partial charge in [0.05, 0.1) is 6.61 Å². The van der Waals surface area contributed by atoms with Crippen molar-refractivity contribution in [1.29, 1.82) is 0 Å². The lowest BCUT2D eigenvalue weighted by Gasteiger charge is -2.03. The van der Waals surface area contributed by atoms with E-state index in [0.717, 1.165) is 19.0 Å². The van der Waals surface area contributed by atoms with Crippen molar-refractivity contribution in [3.63, 3.8) is 0 Å². The first kappa shape index (κ1) is 12.6. The van der Waals surface area contributed by atoms with E-state index >= 15 is 0 Å². The molecule has 0 heterocycles. The smallest absolute Gasteiger partial charge is 0.0560 e. The minimum absolute atomic E-state index is 0.864. The SMILES string of the molecule is CCCCCOCCSc1ccccc1. The first-order valence-electron chi connectivity index (χ1n) is 5.69. The lowest BCUT2D eigenvalue weighted by molar-refractivity contribution is 0.145.